The fourth-order valence-electron chi connectivity index (χ4n) is 3.04. The van der Waals surface area contributed by atoms with E-state index < -0.39 is 12.0 Å². The van der Waals surface area contributed by atoms with Crippen LogP contribution in [-0.2, 0) is 4.79 Å². The highest BCUT2D eigenvalue weighted by atomic mass is 16.6. The smallest absolute Gasteiger partial charge is 0.328 e. The van der Waals surface area contributed by atoms with Gasteiger partial charge in [0, 0.05) is 6.07 Å². The summed E-state index contributed by atoms with van der Waals surface area (Å²) in [5.74, 6) is 0.936. The van der Waals surface area contributed by atoms with Crippen LogP contribution in [0.5, 0.6) is 17.2 Å². The van der Waals surface area contributed by atoms with Gasteiger partial charge in [-0.1, -0.05) is 19.9 Å². The highest BCUT2D eigenvalue weighted by molar-refractivity contribution is 5.84. The number of carbonyl (C=O) groups is 1. The molecule has 0 radical (unpaired) electrons. The molecule has 7 nitrogen and oxygen atoms in total. The first-order valence-corrected chi connectivity index (χ1v) is 9.37. The number of hydrogen-bond donors (Lipinski definition) is 1. The third-order valence-electron chi connectivity index (χ3n) is 4.81. The molecule has 150 valence electrons. The van der Waals surface area contributed by atoms with Crippen molar-refractivity contribution in [2.75, 3.05) is 13.2 Å². The lowest BCUT2D eigenvalue weighted by atomic mass is 10.0. The Labute approximate surface area is 167 Å². The van der Waals surface area contributed by atoms with E-state index in [9.17, 15) is 9.59 Å². The summed E-state index contributed by atoms with van der Waals surface area (Å²) in [6.45, 7) is 4.64. The molecule has 0 spiro atoms. The Morgan fingerprint density at radius 3 is 2.59 bits per heavy atom. The molecule has 0 saturated carbocycles. The number of ether oxygens (including phenoxy) is 3. The summed E-state index contributed by atoms with van der Waals surface area (Å²) < 4.78 is 22.1. The number of carbonyl (C=O) groups excluding carboxylic acids is 1. The number of benzene rings is 2. The largest absolute Gasteiger partial charge is 0.486 e. The van der Waals surface area contributed by atoms with Crippen molar-refractivity contribution in [1.82, 2.24) is 0 Å². The summed E-state index contributed by atoms with van der Waals surface area (Å²) in [5, 5.41) is 0.380. The summed E-state index contributed by atoms with van der Waals surface area (Å²) in [6, 6.07) is 9.23. The number of esters is 1. The van der Waals surface area contributed by atoms with Crippen LogP contribution in [0.25, 0.3) is 22.1 Å². The SMILES string of the molecule is CC(C)[C@H](N)C(=O)Oc1ccc2c(=O)c(-c3ccc4c(c3)OCCO4)coc2c1. The third kappa shape index (κ3) is 3.69. The summed E-state index contributed by atoms with van der Waals surface area (Å²) >= 11 is 0. The quantitative estimate of drug-likeness (QED) is 0.535. The van der Waals surface area contributed by atoms with E-state index in [4.69, 9.17) is 24.4 Å². The van der Waals surface area contributed by atoms with E-state index in [0.717, 1.165) is 0 Å². The van der Waals surface area contributed by atoms with Gasteiger partial charge in [0.1, 0.15) is 36.9 Å². The molecule has 0 amide bonds. The summed E-state index contributed by atoms with van der Waals surface area (Å²) in [6.07, 6.45) is 1.39. The fraction of sp³-hybridized carbons (Fsp3) is 0.273. The molecule has 1 atom stereocenters. The normalized spacial score (nSPS) is 14.1. The van der Waals surface area contributed by atoms with Crippen LogP contribution in [0, 0.1) is 5.92 Å². The molecule has 2 heterocycles. The van der Waals surface area contributed by atoms with Gasteiger partial charge >= 0.3 is 5.97 Å². The number of hydrogen-bond acceptors (Lipinski definition) is 7. The molecule has 0 unspecified atom stereocenters. The van der Waals surface area contributed by atoms with Crippen LogP contribution in [0.3, 0.4) is 0 Å². The second-order valence-electron chi connectivity index (χ2n) is 7.19. The molecule has 0 saturated heterocycles. The van der Waals surface area contributed by atoms with Crippen LogP contribution in [0.1, 0.15) is 13.8 Å². The summed E-state index contributed by atoms with van der Waals surface area (Å²) in [5.41, 5.74) is 7.01. The second kappa shape index (κ2) is 7.60. The minimum absolute atomic E-state index is 0.0468. The van der Waals surface area contributed by atoms with E-state index in [2.05, 4.69) is 0 Å². The lowest BCUT2D eigenvalue weighted by Gasteiger charge is -2.18. The van der Waals surface area contributed by atoms with Crippen molar-refractivity contribution in [3.63, 3.8) is 0 Å². The Hall–Kier alpha value is -3.32. The lowest BCUT2D eigenvalue weighted by Crippen LogP contribution is -2.38. The van der Waals surface area contributed by atoms with Crippen LogP contribution in [0.4, 0.5) is 0 Å². The van der Waals surface area contributed by atoms with E-state index in [-0.39, 0.29) is 17.1 Å². The third-order valence-corrected chi connectivity index (χ3v) is 4.81. The standard InChI is InChI=1S/C22H21NO6/c1-12(2)20(23)22(25)29-14-4-5-15-18(10-14)28-11-16(21(15)24)13-3-6-17-19(9-13)27-8-7-26-17/h3-6,9-12,20H,7-8,23H2,1-2H3/t20-/m0/s1. The molecule has 0 aliphatic carbocycles. The number of fused-ring (bicyclic) bond motifs is 2. The van der Waals surface area contributed by atoms with Crippen LogP contribution >= 0.6 is 0 Å². The first-order chi connectivity index (χ1) is 13.9. The van der Waals surface area contributed by atoms with Crippen LogP contribution in [0.2, 0.25) is 0 Å². The molecule has 3 aromatic rings. The molecule has 7 heteroatoms. The van der Waals surface area contributed by atoms with E-state index in [1.165, 1.54) is 12.3 Å². The van der Waals surface area contributed by atoms with Gasteiger partial charge in [0.25, 0.3) is 0 Å². The minimum Gasteiger partial charge on any atom is -0.486 e. The maximum atomic E-state index is 13.0. The molecule has 2 N–H and O–H groups in total. The van der Waals surface area contributed by atoms with Crippen LogP contribution < -0.4 is 25.4 Å². The molecule has 29 heavy (non-hydrogen) atoms. The van der Waals surface area contributed by atoms with Gasteiger partial charge in [-0.25, -0.2) is 4.79 Å². The first-order valence-electron chi connectivity index (χ1n) is 9.37. The first kappa shape index (κ1) is 19.0. The molecule has 2 aromatic carbocycles. The Balaban J connectivity index is 1.66. The predicted octanol–water partition coefficient (Wildman–Crippen LogP) is 3.12. The Bertz CT molecular complexity index is 1130. The molecule has 1 aliphatic rings. The maximum absolute atomic E-state index is 13.0. The number of rotatable bonds is 4. The maximum Gasteiger partial charge on any atom is 0.328 e. The van der Waals surface area contributed by atoms with Gasteiger partial charge in [-0.05, 0) is 35.7 Å². The summed E-state index contributed by atoms with van der Waals surface area (Å²) in [4.78, 5) is 25.0. The average molecular weight is 395 g/mol. The minimum atomic E-state index is -0.727. The van der Waals surface area contributed by atoms with Crippen LogP contribution in [0.15, 0.2) is 51.9 Å². The van der Waals surface area contributed by atoms with Crippen molar-refractivity contribution >= 4 is 16.9 Å². The van der Waals surface area contributed by atoms with Gasteiger partial charge in [0.2, 0.25) is 0 Å². The van der Waals surface area contributed by atoms with Crippen molar-refractivity contribution in [2.45, 2.75) is 19.9 Å². The van der Waals surface area contributed by atoms with Crippen molar-refractivity contribution < 1.29 is 23.4 Å². The van der Waals surface area contributed by atoms with Gasteiger partial charge in [0.15, 0.2) is 16.9 Å². The average Bonchev–Trinajstić information content (AvgIpc) is 2.73. The second-order valence-corrected chi connectivity index (χ2v) is 7.19. The van der Waals surface area contributed by atoms with Gasteiger partial charge in [-0.3, -0.25) is 4.79 Å². The van der Waals surface area contributed by atoms with E-state index in [1.807, 2.05) is 13.8 Å². The molecular weight excluding hydrogens is 374 g/mol. The molecule has 0 bridgehead atoms. The van der Waals surface area contributed by atoms with Crippen molar-refractivity contribution in [2.24, 2.45) is 11.7 Å². The van der Waals surface area contributed by atoms with Gasteiger partial charge in [-0.15, -0.1) is 0 Å². The zero-order valence-electron chi connectivity index (χ0n) is 16.1. The van der Waals surface area contributed by atoms with Gasteiger partial charge in [-0.2, -0.15) is 0 Å². The fourth-order valence-corrected chi connectivity index (χ4v) is 3.04. The highest BCUT2D eigenvalue weighted by Gasteiger charge is 2.20. The van der Waals surface area contributed by atoms with Crippen molar-refractivity contribution in [3.8, 4) is 28.4 Å². The lowest BCUT2D eigenvalue weighted by molar-refractivity contribution is -0.136. The predicted molar refractivity (Wildman–Crippen MR) is 107 cm³/mol. The monoisotopic (exact) mass is 395 g/mol. The Morgan fingerprint density at radius 2 is 1.83 bits per heavy atom. The zero-order chi connectivity index (χ0) is 20.5. The van der Waals surface area contributed by atoms with E-state index >= 15 is 0 Å². The molecule has 0 fully saturated rings. The Morgan fingerprint density at radius 1 is 1.07 bits per heavy atom. The topological polar surface area (TPSA) is 101 Å². The van der Waals surface area contributed by atoms with E-state index in [1.54, 1.807) is 30.3 Å². The van der Waals surface area contributed by atoms with Crippen molar-refractivity contribution in [3.05, 3.63) is 52.9 Å². The zero-order valence-corrected chi connectivity index (χ0v) is 16.1. The van der Waals surface area contributed by atoms with Gasteiger partial charge in [0.05, 0.1) is 10.9 Å². The molecular formula is C22H21NO6. The molecule has 4 rings (SSSR count). The molecule has 1 aromatic heterocycles. The Kier molecular flexibility index (Phi) is 4.98. The van der Waals surface area contributed by atoms with Crippen LogP contribution in [-0.4, -0.2) is 25.2 Å². The van der Waals surface area contributed by atoms with Gasteiger partial charge < -0.3 is 24.4 Å². The highest BCUT2D eigenvalue weighted by Crippen LogP contribution is 2.34. The number of nitrogens with two attached hydrogens (primary N) is 1. The van der Waals surface area contributed by atoms with E-state index in [0.29, 0.717) is 46.8 Å². The summed E-state index contributed by atoms with van der Waals surface area (Å²) in [7, 11) is 0. The van der Waals surface area contributed by atoms with Crippen molar-refractivity contribution in [1.29, 1.82) is 0 Å². The molecule has 1 aliphatic heterocycles.